The first kappa shape index (κ1) is 31.8. The quantitative estimate of drug-likeness (QED) is 0.113. The largest absolute Gasteiger partial charge is 0.490 e. The van der Waals surface area contributed by atoms with Gasteiger partial charge >= 0.3 is 42.7 Å². The van der Waals surface area contributed by atoms with Crippen LogP contribution in [0.25, 0.3) is 0 Å². The first-order chi connectivity index (χ1) is 16.7. The van der Waals surface area contributed by atoms with E-state index in [1.165, 1.54) is 0 Å². The van der Waals surface area contributed by atoms with Crippen LogP contribution >= 0.6 is 31.1 Å². The second-order valence-electron chi connectivity index (χ2n) is 7.01. The molecule has 0 aliphatic carbocycles. The van der Waals surface area contributed by atoms with E-state index in [1.54, 1.807) is 0 Å². The molecule has 0 spiro atoms. The number of nitrogens with zero attached hydrogens (tertiary/aromatic N) is 1. The molecule has 212 valence electrons. The van der Waals surface area contributed by atoms with E-state index in [1.807, 2.05) is 4.98 Å². The summed E-state index contributed by atoms with van der Waals surface area (Å²) in [4.78, 5) is 73.0. The third-order valence-corrected chi connectivity index (χ3v) is 10.5. The molecule has 37 heavy (non-hydrogen) atoms. The summed E-state index contributed by atoms with van der Waals surface area (Å²) in [7, 11) is -22.9. The fourth-order valence-electron chi connectivity index (χ4n) is 2.65. The molecule has 2 heterocycles. The number of carboxylic acids is 1. The van der Waals surface area contributed by atoms with E-state index in [-0.39, 0.29) is 0 Å². The zero-order chi connectivity index (χ0) is 28.4. The summed E-state index contributed by atoms with van der Waals surface area (Å²) in [5, 5.41) is 28.6. The Bertz CT molecular complexity index is 1310. The highest BCUT2D eigenvalue weighted by Crippen LogP contribution is 2.71. The number of H-pyrrole nitrogens is 1. The van der Waals surface area contributed by atoms with Gasteiger partial charge in [-0.1, -0.05) is 0 Å². The molecule has 25 heteroatoms. The molecule has 1 aromatic heterocycles. The van der Waals surface area contributed by atoms with Crippen LogP contribution in [0, 0.1) is 0 Å². The number of carbonyl (C=O) groups is 1. The van der Waals surface area contributed by atoms with Crippen molar-refractivity contribution in [1.29, 1.82) is 0 Å². The summed E-state index contributed by atoms with van der Waals surface area (Å²) in [6.07, 6.45) is -8.33. The molecule has 8 N–H and O–H groups in total. The van der Waals surface area contributed by atoms with Gasteiger partial charge in [0, 0.05) is 12.3 Å². The Morgan fingerprint density at radius 3 is 2.11 bits per heavy atom. The van der Waals surface area contributed by atoms with Crippen molar-refractivity contribution in [1.82, 2.24) is 9.55 Å². The number of hydrogen-bond donors (Lipinski definition) is 8. The first-order valence-electron chi connectivity index (χ1n) is 9.36. The van der Waals surface area contributed by atoms with Crippen LogP contribution in [0.2, 0.25) is 0 Å². The van der Waals surface area contributed by atoms with Crippen molar-refractivity contribution in [2.45, 2.75) is 31.0 Å². The summed E-state index contributed by atoms with van der Waals surface area (Å²) >= 11 is 0. The lowest BCUT2D eigenvalue weighted by Crippen LogP contribution is -2.37. The topological polar surface area (TPSA) is 328 Å². The van der Waals surface area contributed by atoms with E-state index in [9.17, 15) is 62.4 Å². The highest BCUT2D eigenvalue weighted by Gasteiger charge is 2.48. The van der Waals surface area contributed by atoms with E-state index < -0.39 is 92.0 Å². The van der Waals surface area contributed by atoms with Crippen molar-refractivity contribution in [2.75, 3.05) is 12.8 Å². The zero-order valence-corrected chi connectivity index (χ0v) is 21.4. The number of aliphatic hydroxyl groups is 2. The second kappa shape index (κ2) is 11.8. The smallest absolute Gasteiger partial charge is 0.481 e. The molecule has 1 aromatic rings. The van der Waals surface area contributed by atoms with Crippen molar-refractivity contribution in [3.05, 3.63) is 33.1 Å². The van der Waals surface area contributed by atoms with Crippen LogP contribution in [-0.2, 0) is 45.2 Å². The van der Waals surface area contributed by atoms with E-state index in [0.29, 0.717) is 4.57 Å². The van der Waals surface area contributed by atoms with Gasteiger partial charge < -0.3 is 39.6 Å². The van der Waals surface area contributed by atoms with Crippen LogP contribution in [0.5, 0.6) is 0 Å². The fourth-order valence-corrected chi connectivity index (χ4v) is 8.12. The molecule has 21 nitrogen and oxygen atoms in total. The molecule has 0 aromatic carbocycles. The minimum Gasteiger partial charge on any atom is -0.481 e. The van der Waals surface area contributed by atoms with Gasteiger partial charge in [0.15, 0.2) is 6.23 Å². The fraction of sp³-hybridized carbons (Fsp3) is 0.583. The number of aliphatic carboxylic acids is 1. The van der Waals surface area contributed by atoms with Crippen LogP contribution in [0.4, 0.5) is 0 Å². The summed E-state index contributed by atoms with van der Waals surface area (Å²) in [5.41, 5.74) is -1.84. The van der Waals surface area contributed by atoms with Gasteiger partial charge in [-0.3, -0.25) is 28.2 Å². The van der Waals surface area contributed by atoms with Crippen molar-refractivity contribution >= 4 is 37.0 Å². The lowest BCUT2D eigenvalue weighted by Gasteiger charge is -2.21. The number of aromatic nitrogens is 2. The molecule has 0 bridgehead atoms. The summed E-state index contributed by atoms with van der Waals surface area (Å²) in [5.74, 6) is -1.60. The van der Waals surface area contributed by atoms with Crippen molar-refractivity contribution in [3.8, 4) is 0 Å². The van der Waals surface area contributed by atoms with Gasteiger partial charge in [-0.2, -0.15) is 8.62 Å². The molecule has 0 radical (unpaired) electrons. The Morgan fingerprint density at radius 2 is 1.54 bits per heavy atom. The molecule has 0 saturated carbocycles. The molecule has 2 rings (SSSR count). The van der Waals surface area contributed by atoms with Crippen LogP contribution in [0.3, 0.4) is 0 Å². The van der Waals surface area contributed by atoms with Crippen LogP contribution in [0.1, 0.15) is 12.6 Å². The Morgan fingerprint density at radius 1 is 0.973 bits per heavy atom. The van der Waals surface area contributed by atoms with Crippen molar-refractivity contribution < 1.29 is 80.1 Å². The Balaban J connectivity index is 2.01. The summed E-state index contributed by atoms with van der Waals surface area (Å²) in [6.45, 7) is -1.16. The molecular weight excluding hydrogens is 600 g/mol. The number of aliphatic hydroxyl groups excluding tert-OH is 2. The lowest BCUT2D eigenvalue weighted by atomic mass is 10.1. The van der Waals surface area contributed by atoms with Gasteiger partial charge in [-0.15, -0.1) is 0 Å². The Hall–Kier alpha value is -1.37. The summed E-state index contributed by atoms with van der Waals surface area (Å²) in [6, 6.07) is 0.883. The molecule has 1 saturated heterocycles. The average molecular weight is 620 g/mol. The predicted molar refractivity (Wildman–Crippen MR) is 113 cm³/mol. The Labute approximate surface area is 204 Å². The standard InChI is InChI=1S/C12H20N2O19P4/c15-7-1-3-14(12(20)13-7)11-10(19)9(18)6(30-11)5-29-35(23,24)32-37(27,28)33-36(25,26)31-34(21,22)4-2-8(16)17/h1,3,6,9-11,18-19H,2,4-5H2,(H,16,17)(H,21,22)(H,23,24)(H,25,26)(H,27,28)(H,13,15,20)/t6-,9+,10?,11-/m1/s1. The first-order valence-corrected chi connectivity index (χ1v) is 15.6. The van der Waals surface area contributed by atoms with E-state index in [2.05, 4.69) is 17.5 Å². The monoisotopic (exact) mass is 620 g/mol. The van der Waals surface area contributed by atoms with Crippen molar-refractivity contribution in [3.63, 3.8) is 0 Å². The van der Waals surface area contributed by atoms with Crippen LogP contribution in [-0.4, -0.2) is 81.5 Å². The normalized spacial score (nSPS) is 28.5. The van der Waals surface area contributed by atoms with E-state index in [4.69, 9.17) is 9.84 Å². The molecule has 0 amide bonds. The van der Waals surface area contributed by atoms with Gasteiger partial charge in [0.05, 0.1) is 19.2 Å². The van der Waals surface area contributed by atoms with Gasteiger partial charge in [-0.05, 0) is 0 Å². The van der Waals surface area contributed by atoms with Crippen molar-refractivity contribution in [2.24, 2.45) is 0 Å². The Kier molecular flexibility index (Phi) is 10.1. The number of aromatic amines is 1. The summed E-state index contributed by atoms with van der Waals surface area (Å²) < 4.78 is 68.4. The number of hydrogen-bond acceptors (Lipinski definition) is 14. The number of phosphoric ester groups is 1. The lowest BCUT2D eigenvalue weighted by molar-refractivity contribution is -0.136. The third-order valence-electron chi connectivity index (χ3n) is 4.12. The number of nitrogens with one attached hydrogen (secondary N) is 1. The number of rotatable bonds is 13. The molecule has 1 fully saturated rings. The predicted octanol–water partition coefficient (Wildman–Crippen LogP) is -1.82. The molecule has 1 aliphatic heterocycles. The maximum atomic E-state index is 12.0. The zero-order valence-electron chi connectivity index (χ0n) is 17.9. The number of phosphoric acid groups is 3. The highest BCUT2D eigenvalue weighted by molar-refractivity contribution is 7.70. The minimum absolute atomic E-state index is 0.662. The van der Waals surface area contributed by atoms with Gasteiger partial charge in [-0.25, -0.2) is 22.8 Å². The SMILES string of the molecule is O=C(O)CCP(=O)(O)OP(=O)(O)OP(=O)(O)OP(=O)(O)OC[C@H]1O[C@@H](n2ccc(=O)[nH]c2=O)C(O)[C@H]1O. The average Bonchev–Trinajstić information content (AvgIpc) is 2.97. The van der Waals surface area contributed by atoms with Gasteiger partial charge in [0.2, 0.25) is 0 Å². The van der Waals surface area contributed by atoms with E-state index in [0.717, 1.165) is 12.3 Å². The minimum atomic E-state index is -6.08. The maximum Gasteiger partial charge on any atom is 0.490 e. The van der Waals surface area contributed by atoms with Crippen LogP contribution in [0.15, 0.2) is 21.9 Å². The van der Waals surface area contributed by atoms with E-state index >= 15 is 0 Å². The molecule has 5 unspecified atom stereocenters. The molecule has 8 atom stereocenters. The molecular formula is C12H20N2O19P4. The number of ether oxygens (including phenoxy) is 1. The number of carboxylic acid groups (broad SMARTS) is 1. The van der Waals surface area contributed by atoms with Gasteiger partial charge in [0.25, 0.3) is 5.56 Å². The van der Waals surface area contributed by atoms with Gasteiger partial charge in [0.1, 0.15) is 18.3 Å². The molecule has 1 aliphatic rings. The maximum absolute atomic E-state index is 12.0. The second-order valence-corrected chi connectivity index (χ2v) is 13.8. The highest BCUT2D eigenvalue weighted by atomic mass is 31.3. The third kappa shape index (κ3) is 9.71. The van der Waals surface area contributed by atoms with Crippen LogP contribution < -0.4 is 11.2 Å².